The van der Waals surface area contributed by atoms with E-state index in [9.17, 15) is 4.79 Å². The number of anilines is 3. The molecule has 0 bridgehead atoms. The van der Waals surface area contributed by atoms with Gasteiger partial charge in [-0.15, -0.1) is 0 Å². The number of nitrogens with one attached hydrogen (secondary N) is 2. The van der Waals surface area contributed by atoms with Gasteiger partial charge >= 0.3 is 0 Å². The number of nitrogens with zero attached hydrogens (tertiary/aromatic N) is 3. The number of amides is 1. The maximum atomic E-state index is 12.2. The van der Waals surface area contributed by atoms with E-state index < -0.39 is 5.91 Å². The van der Waals surface area contributed by atoms with Crippen molar-refractivity contribution in [1.29, 1.82) is 0 Å². The highest BCUT2D eigenvalue weighted by Gasteiger charge is 2.12. The molecule has 0 radical (unpaired) electrons. The van der Waals surface area contributed by atoms with E-state index in [1.807, 2.05) is 24.3 Å². The first-order valence-corrected chi connectivity index (χ1v) is 7.12. The van der Waals surface area contributed by atoms with Crippen LogP contribution in [0.3, 0.4) is 0 Å². The number of para-hydroxylation sites is 2. The highest BCUT2D eigenvalue weighted by Crippen LogP contribution is 2.26. The van der Waals surface area contributed by atoms with Gasteiger partial charge in [-0.3, -0.25) is 4.79 Å². The fraction of sp³-hybridized carbons (Fsp3) is 0.125. The molecule has 0 saturated heterocycles. The summed E-state index contributed by atoms with van der Waals surface area (Å²) in [4.78, 5) is 20.3. The molecule has 1 amide bonds. The summed E-state index contributed by atoms with van der Waals surface area (Å²) in [6.45, 7) is 1.74. The smallest absolute Gasteiger partial charge is 0.275 e. The Morgan fingerprint density at radius 2 is 2.00 bits per heavy atom. The fourth-order valence-electron chi connectivity index (χ4n) is 2.04. The van der Waals surface area contributed by atoms with Gasteiger partial charge in [-0.05, 0) is 19.1 Å². The van der Waals surface area contributed by atoms with E-state index in [1.165, 1.54) is 12.4 Å². The Kier molecular flexibility index (Phi) is 4.37. The van der Waals surface area contributed by atoms with Gasteiger partial charge in [0.25, 0.3) is 5.91 Å². The topological polar surface area (TPSA) is 102 Å². The molecule has 2 aromatic heterocycles. The summed E-state index contributed by atoms with van der Waals surface area (Å²) in [7, 11) is 1.58. The molecule has 0 aliphatic carbocycles. The summed E-state index contributed by atoms with van der Waals surface area (Å²) in [5, 5.41) is 9.41. The summed E-state index contributed by atoms with van der Waals surface area (Å²) in [5.41, 5.74) is 0.931. The Balaban J connectivity index is 1.77. The molecular formula is C16H15N5O3. The van der Waals surface area contributed by atoms with Crippen molar-refractivity contribution in [2.45, 2.75) is 6.92 Å². The molecule has 3 rings (SSSR count). The van der Waals surface area contributed by atoms with Crippen molar-refractivity contribution in [1.82, 2.24) is 15.1 Å². The molecule has 122 valence electrons. The lowest BCUT2D eigenvalue weighted by atomic mass is 10.3. The minimum atomic E-state index is -0.409. The van der Waals surface area contributed by atoms with E-state index in [1.54, 1.807) is 20.1 Å². The third-order valence-corrected chi connectivity index (χ3v) is 3.14. The predicted molar refractivity (Wildman–Crippen MR) is 87.5 cm³/mol. The number of carbonyl (C=O) groups excluding carboxylic acids is 1. The van der Waals surface area contributed by atoms with Gasteiger partial charge in [-0.2, -0.15) is 0 Å². The lowest BCUT2D eigenvalue weighted by molar-refractivity contribution is 0.102. The molecular weight excluding hydrogens is 310 g/mol. The van der Waals surface area contributed by atoms with E-state index >= 15 is 0 Å². The Bertz CT molecular complexity index is 862. The molecule has 0 atom stereocenters. The van der Waals surface area contributed by atoms with Gasteiger partial charge in [-0.25, -0.2) is 9.97 Å². The molecule has 2 N–H and O–H groups in total. The first kappa shape index (κ1) is 15.5. The number of ether oxygens (including phenoxy) is 1. The second-order valence-electron chi connectivity index (χ2n) is 4.89. The molecule has 24 heavy (non-hydrogen) atoms. The van der Waals surface area contributed by atoms with Gasteiger partial charge in [-0.1, -0.05) is 17.3 Å². The van der Waals surface area contributed by atoms with Crippen LogP contribution in [-0.2, 0) is 0 Å². The molecule has 0 saturated carbocycles. The molecule has 1 aromatic carbocycles. The van der Waals surface area contributed by atoms with E-state index in [-0.39, 0.29) is 5.69 Å². The molecule has 0 spiro atoms. The summed E-state index contributed by atoms with van der Waals surface area (Å²) in [6.07, 6.45) is 1.31. The zero-order valence-corrected chi connectivity index (χ0v) is 13.1. The van der Waals surface area contributed by atoms with Crippen LogP contribution in [0, 0.1) is 6.92 Å². The van der Waals surface area contributed by atoms with E-state index in [2.05, 4.69) is 25.8 Å². The second kappa shape index (κ2) is 6.78. The minimum Gasteiger partial charge on any atom is -0.495 e. The molecule has 8 heteroatoms. The van der Waals surface area contributed by atoms with Crippen LogP contribution in [0.1, 0.15) is 16.2 Å². The monoisotopic (exact) mass is 325 g/mol. The van der Waals surface area contributed by atoms with Gasteiger partial charge in [0.15, 0.2) is 5.82 Å². The van der Waals surface area contributed by atoms with Crippen molar-refractivity contribution in [3.63, 3.8) is 0 Å². The largest absolute Gasteiger partial charge is 0.495 e. The zero-order valence-electron chi connectivity index (χ0n) is 13.1. The maximum absolute atomic E-state index is 12.2. The lowest BCUT2D eigenvalue weighted by Gasteiger charge is -2.10. The summed E-state index contributed by atoms with van der Waals surface area (Å²) < 4.78 is 10.2. The number of rotatable bonds is 5. The van der Waals surface area contributed by atoms with Crippen molar-refractivity contribution < 1.29 is 14.1 Å². The average molecular weight is 325 g/mol. The number of methoxy groups -OCH3 is 1. The van der Waals surface area contributed by atoms with E-state index in [4.69, 9.17) is 9.26 Å². The van der Waals surface area contributed by atoms with Crippen LogP contribution in [0.4, 0.5) is 17.3 Å². The van der Waals surface area contributed by atoms with Crippen LogP contribution in [0.2, 0.25) is 0 Å². The molecule has 0 fully saturated rings. The average Bonchev–Trinajstić information content (AvgIpc) is 3.00. The number of aryl methyl sites for hydroxylation is 1. The summed E-state index contributed by atoms with van der Waals surface area (Å²) in [6, 6.07) is 10.6. The van der Waals surface area contributed by atoms with Crippen LogP contribution in [-0.4, -0.2) is 28.1 Å². The number of benzene rings is 1. The molecule has 2 heterocycles. The number of aromatic nitrogens is 3. The predicted octanol–water partition coefficient (Wildman–Crippen LogP) is 2.78. The number of hydrogen-bond acceptors (Lipinski definition) is 7. The Labute approximate surface area is 137 Å². The van der Waals surface area contributed by atoms with Crippen LogP contribution >= 0.6 is 0 Å². The first-order chi connectivity index (χ1) is 11.7. The van der Waals surface area contributed by atoms with Crippen LogP contribution < -0.4 is 15.4 Å². The highest BCUT2D eigenvalue weighted by molar-refractivity contribution is 6.02. The second-order valence-corrected chi connectivity index (χ2v) is 4.89. The Morgan fingerprint density at radius 3 is 2.75 bits per heavy atom. The summed E-state index contributed by atoms with van der Waals surface area (Å²) >= 11 is 0. The van der Waals surface area contributed by atoms with Gasteiger partial charge in [0.1, 0.15) is 29.3 Å². The Morgan fingerprint density at radius 1 is 1.17 bits per heavy atom. The van der Waals surface area contributed by atoms with Gasteiger partial charge < -0.3 is 19.9 Å². The molecule has 0 unspecified atom stereocenters. The van der Waals surface area contributed by atoms with Gasteiger partial charge in [0, 0.05) is 12.1 Å². The van der Waals surface area contributed by atoms with Crippen molar-refractivity contribution in [2.24, 2.45) is 0 Å². The van der Waals surface area contributed by atoms with Gasteiger partial charge in [0.05, 0.1) is 12.8 Å². The molecule has 3 aromatic rings. The molecule has 0 aliphatic heterocycles. The molecule has 8 nitrogen and oxygen atoms in total. The van der Waals surface area contributed by atoms with E-state index in [0.717, 1.165) is 5.69 Å². The third-order valence-electron chi connectivity index (χ3n) is 3.14. The normalized spacial score (nSPS) is 10.2. The standard InChI is InChI=1S/C16H15N5O3/c1-10-7-15(21-24-10)20-16(22)12-8-14(18-9-17-12)19-11-5-3-4-6-13(11)23-2/h3-9H,1-2H3,(H,17,18,19)(H,20,21,22). The third kappa shape index (κ3) is 3.49. The lowest BCUT2D eigenvalue weighted by Crippen LogP contribution is -2.14. The van der Waals surface area contributed by atoms with Crippen LogP contribution in [0.5, 0.6) is 5.75 Å². The SMILES string of the molecule is COc1ccccc1Nc1cc(C(=O)Nc2cc(C)on2)ncn1. The van der Waals surface area contributed by atoms with Crippen molar-refractivity contribution >= 4 is 23.2 Å². The van der Waals surface area contributed by atoms with Gasteiger partial charge in [0.2, 0.25) is 0 Å². The van der Waals surface area contributed by atoms with Crippen LogP contribution in [0.15, 0.2) is 47.2 Å². The van der Waals surface area contributed by atoms with Crippen molar-refractivity contribution in [3.8, 4) is 5.75 Å². The Hall–Kier alpha value is -3.42. The van der Waals surface area contributed by atoms with Crippen molar-refractivity contribution in [2.75, 3.05) is 17.7 Å². The van der Waals surface area contributed by atoms with Crippen LogP contribution in [0.25, 0.3) is 0 Å². The first-order valence-electron chi connectivity index (χ1n) is 7.12. The number of carbonyl (C=O) groups is 1. The molecule has 0 aliphatic rings. The fourth-order valence-corrected chi connectivity index (χ4v) is 2.04. The zero-order chi connectivity index (χ0) is 16.9. The minimum absolute atomic E-state index is 0.197. The van der Waals surface area contributed by atoms with E-state index in [0.29, 0.717) is 23.1 Å². The highest BCUT2D eigenvalue weighted by atomic mass is 16.5. The summed E-state index contributed by atoms with van der Waals surface area (Å²) in [5.74, 6) is 1.66. The maximum Gasteiger partial charge on any atom is 0.275 e. The quantitative estimate of drug-likeness (QED) is 0.743. The number of hydrogen-bond donors (Lipinski definition) is 2. The van der Waals surface area contributed by atoms with Crippen molar-refractivity contribution in [3.05, 3.63) is 54.2 Å².